The Kier molecular flexibility index (Phi) is 9.29. The maximum Gasteiger partial charge on any atom is 0.296 e. The summed E-state index contributed by atoms with van der Waals surface area (Å²) < 4.78 is 45.1. The van der Waals surface area contributed by atoms with E-state index in [-0.39, 0.29) is 30.5 Å². The largest absolute Gasteiger partial charge is 0.382 e. The lowest BCUT2D eigenvalue weighted by atomic mass is 9.91. The number of rotatable bonds is 11. The van der Waals surface area contributed by atoms with E-state index in [1.807, 2.05) is 4.90 Å². The van der Waals surface area contributed by atoms with E-state index in [4.69, 9.17) is 14.2 Å². The normalized spacial score (nSPS) is 19.8. The number of nitrogens with one attached hydrogen (secondary N) is 2. The number of halogens is 2. The van der Waals surface area contributed by atoms with Gasteiger partial charge in [0.25, 0.3) is 6.43 Å². The van der Waals surface area contributed by atoms with Crippen molar-refractivity contribution in [1.29, 1.82) is 0 Å². The predicted molar refractivity (Wildman–Crippen MR) is 143 cm³/mol. The van der Waals surface area contributed by atoms with Crippen LogP contribution in [0.5, 0.6) is 0 Å². The number of imidazole rings is 1. The van der Waals surface area contributed by atoms with E-state index < -0.39 is 12.2 Å². The molecule has 5 rings (SSSR count). The maximum absolute atomic E-state index is 14.1. The summed E-state index contributed by atoms with van der Waals surface area (Å²) in [7, 11) is 1.58. The van der Waals surface area contributed by atoms with Crippen LogP contribution in [0.25, 0.3) is 17.0 Å². The fraction of sp³-hybridized carbons (Fsp3) is 0.577. The molecule has 0 radical (unpaired) electrons. The van der Waals surface area contributed by atoms with Gasteiger partial charge in [0.1, 0.15) is 6.61 Å². The van der Waals surface area contributed by atoms with Crippen molar-refractivity contribution in [2.24, 2.45) is 0 Å². The Labute approximate surface area is 230 Å². The molecule has 0 bridgehead atoms. The number of aromatic nitrogens is 5. The zero-order valence-electron chi connectivity index (χ0n) is 22.4. The number of alkyl halides is 2. The highest BCUT2D eigenvalue weighted by atomic mass is 19.3. The van der Waals surface area contributed by atoms with Gasteiger partial charge in [-0.05, 0) is 37.8 Å². The Morgan fingerprint density at radius 3 is 2.50 bits per heavy atom. The lowest BCUT2D eigenvalue weighted by Crippen LogP contribution is -2.42. The summed E-state index contributed by atoms with van der Waals surface area (Å²) >= 11 is 0. The van der Waals surface area contributed by atoms with Gasteiger partial charge in [-0.25, -0.2) is 13.8 Å². The third-order valence-electron chi connectivity index (χ3n) is 6.98. The van der Waals surface area contributed by atoms with Crippen LogP contribution in [-0.2, 0) is 19.0 Å². The van der Waals surface area contributed by atoms with Crippen LogP contribution in [0.1, 0.15) is 37.9 Å². The smallest absolute Gasteiger partial charge is 0.296 e. The van der Waals surface area contributed by atoms with Crippen molar-refractivity contribution in [3.8, 4) is 5.95 Å². The van der Waals surface area contributed by atoms with E-state index in [1.54, 1.807) is 31.4 Å². The van der Waals surface area contributed by atoms with Crippen LogP contribution in [0.15, 0.2) is 24.3 Å². The second-order valence-corrected chi connectivity index (χ2v) is 9.76. The fourth-order valence-corrected chi connectivity index (χ4v) is 4.97. The molecule has 2 N–H and O–H groups in total. The van der Waals surface area contributed by atoms with Gasteiger partial charge in [-0.1, -0.05) is 12.1 Å². The first-order valence-electron chi connectivity index (χ1n) is 13.5. The molecule has 12 nitrogen and oxygen atoms in total. The summed E-state index contributed by atoms with van der Waals surface area (Å²) in [4.78, 5) is 32.1. The number of fused-ring (bicyclic) bond motifs is 1. The molecule has 216 valence electrons. The van der Waals surface area contributed by atoms with Crippen LogP contribution >= 0.6 is 0 Å². The van der Waals surface area contributed by atoms with Crippen molar-refractivity contribution >= 4 is 28.8 Å². The summed E-state index contributed by atoms with van der Waals surface area (Å²) in [5.41, 5.74) is 0.926. The molecule has 0 spiro atoms. The van der Waals surface area contributed by atoms with Gasteiger partial charge >= 0.3 is 0 Å². The molecule has 1 aromatic carbocycles. The highest BCUT2D eigenvalue weighted by Crippen LogP contribution is 2.28. The maximum atomic E-state index is 14.1. The van der Waals surface area contributed by atoms with Gasteiger partial charge in [-0.2, -0.15) is 15.0 Å². The van der Waals surface area contributed by atoms with Gasteiger partial charge in [0.2, 0.25) is 23.8 Å². The molecule has 1 aliphatic heterocycles. The molecule has 1 amide bonds. The van der Waals surface area contributed by atoms with Crippen LogP contribution in [-0.4, -0.2) is 95.7 Å². The minimum absolute atomic E-state index is 0.00300. The van der Waals surface area contributed by atoms with Gasteiger partial charge in [-0.15, -0.1) is 0 Å². The van der Waals surface area contributed by atoms with Gasteiger partial charge in [-0.3, -0.25) is 9.36 Å². The van der Waals surface area contributed by atoms with Crippen molar-refractivity contribution in [1.82, 2.24) is 29.8 Å². The minimum Gasteiger partial charge on any atom is -0.382 e. The molecule has 2 aromatic heterocycles. The van der Waals surface area contributed by atoms with Crippen LogP contribution in [0.3, 0.4) is 0 Å². The number of ether oxygens (including phenoxy) is 3. The first kappa shape index (κ1) is 28.1. The summed E-state index contributed by atoms with van der Waals surface area (Å²) in [6.07, 6.45) is 0.289. The number of nitrogens with zero attached hydrogens (tertiary/aromatic N) is 6. The van der Waals surface area contributed by atoms with E-state index in [2.05, 4.69) is 30.6 Å². The van der Waals surface area contributed by atoms with Crippen LogP contribution in [0.4, 0.5) is 20.7 Å². The van der Waals surface area contributed by atoms with E-state index in [9.17, 15) is 13.6 Å². The number of hydrogen-bond donors (Lipinski definition) is 2. The lowest BCUT2D eigenvalue weighted by molar-refractivity contribution is -0.127. The Bertz CT molecular complexity index is 1280. The molecular formula is C26H34F2N8O4. The number of anilines is 2. The molecule has 1 saturated heterocycles. The Morgan fingerprint density at radius 1 is 1.02 bits per heavy atom. The second kappa shape index (κ2) is 13.2. The third kappa shape index (κ3) is 6.80. The molecule has 3 aromatic rings. The summed E-state index contributed by atoms with van der Waals surface area (Å²) in [5.74, 6) is 0.213. The van der Waals surface area contributed by atoms with Gasteiger partial charge < -0.3 is 29.7 Å². The molecule has 0 atom stereocenters. The van der Waals surface area contributed by atoms with E-state index in [1.165, 1.54) is 4.57 Å². The van der Waals surface area contributed by atoms with Crippen molar-refractivity contribution in [3.63, 3.8) is 0 Å². The first-order chi connectivity index (χ1) is 19.5. The van der Waals surface area contributed by atoms with Crippen molar-refractivity contribution in [2.45, 2.75) is 44.2 Å². The highest BCUT2D eigenvalue weighted by molar-refractivity contribution is 5.78. The highest BCUT2D eigenvalue weighted by Gasteiger charge is 2.27. The number of carbonyl (C=O) groups is 1. The zero-order valence-corrected chi connectivity index (χ0v) is 22.4. The van der Waals surface area contributed by atoms with Crippen molar-refractivity contribution in [2.75, 3.05) is 63.5 Å². The molecule has 2 aliphatic rings. The monoisotopic (exact) mass is 560 g/mol. The Morgan fingerprint density at radius 2 is 1.75 bits per heavy atom. The summed E-state index contributed by atoms with van der Waals surface area (Å²) in [6, 6.07) is 7.03. The van der Waals surface area contributed by atoms with Crippen LogP contribution in [0.2, 0.25) is 0 Å². The van der Waals surface area contributed by atoms with E-state index >= 15 is 0 Å². The van der Waals surface area contributed by atoms with E-state index in [0.29, 0.717) is 62.4 Å². The quantitative estimate of drug-likeness (QED) is 0.338. The Hall–Kier alpha value is -3.49. The Balaban J connectivity index is 1.33. The summed E-state index contributed by atoms with van der Waals surface area (Å²) in [5, 5.41) is 6.41. The number of methoxy groups -OCH3 is 1. The zero-order chi connectivity index (χ0) is 27.9. The molecule has 14 heteroatoms. The number of amides is 1. The number of para-hydroxylation sites is 2. The molecule has 3 heterocycles. The predicted octanol–water partition coefficient (Wildman–Crippen LogP) is 2.49. The molecule has 40 heavy (non-hydrogen) atoms. The molecule has 1 aliphatic carbocycles. The second-order valence-electron chi connectivity index (χ2n) is 9.76. The number of carbonyl (C=O) groups excluding carboxylic acids is 1. The molecule has 0 unspecified atom stereocenters. The van der Waals surface area contributed by atoms with Crippen molar-refractivity contribution < 1.29 is 27.8 Å². The number of hydrogen-bond acceptors (Lipinski definition) is 10. The number of benzene rings is 1. The fourth-order valence-electron chi connectivity index (χ4n) is 4.97. The number of morpholine rings is 1. The average molecular weight is 561 g/mol. The third-order valence-corrected chi connectivity index (χ3v) is 6.98. The molecule has 1 saturated carbocycles. The average Bonchev–Trinajstić information content (AvgIpc) is 3.37. The summed E-state index contributed by atoms with van der Waals surface area (Å²) in [6.45, 7) is 3.01. The standard InChI is InChI=1S/C26H34F2N8O4/c1-38-14-15-40-16-21(37)29-17-6-8-18(9-7-17)30-24-32-25(35-10-12-39-13-11-35)34-26(33-24)36-20-5-3-2-4-19(20)31-23(36)22(27)28/h2-5,17-18,22H,6-16H2,1H3,(H,29,37)(H,30,32,33,34). The van der Waals surface area contributed by atoms with Crippen LogP contribution < -0.4 is 15.5 Å². The molecular weight excluding hydrogens is 526 g/mol. The van der Waals surface area contributed by atoms with Crippen LogP contribution in [0, 0.1) is 0 Å². The SMILES string of the molecule is COCCOCC(=O)NC1CCC(Nc2nc(N3CCOCC3)nc(-n3c(C(F)F)nc4ccccc43)n2)CC1. The topological polar surface area (TPSA) is 129 Å². The van der Waals surface area contributed by atoms with Gasteiger partial charge in [0, 0.05) is 32.3 Å². The van der Waals surface area contributed by atoms with Crippen molar-refractivity contribution in [3.05, 3.63) is 30.1 Å². The van der Waals surface area contributed by atoms with E-state index in [0.717, 1.165) is 25.7 Å². The minimum atomic E-state index is -2.82. The lowest BCUT2D eigenvalue weighted by Gasteiger charge is -2.30. The van der Waals surface area contributed by atoms with Gasteiger partial charge in [0.15, 0.2) is 5.82 Å². The van der Waals surface area contributed by atoms with Gasteiger partial charge in [0.05, 0.1) is 37.5 Å². The molecule has 2 fully saturated rings. The first-order valence-corrected chi connectivity index (χ1v) is 13.5.